The van der Waals surface area contributed by atoms with Crippen LogP contribution in [0.5, 0.6) is 0 Å². The van der Waals surface area contributed by atoms with Crippen LogP contribution in [0.4, 0.5) is 0 Å². The van der Waals surface area contributed by atoms with Crippen LogP contribution in [0.15, 0.2) is 44.8 Å². The zero-order chi connectivity index (χ0) is 23.0. The van der Waals surface area contributed by atoms with Gasteiger partial charge >= 0.3 is 18.7 Å². The van der Waals surface area contributed by atoms with Crippen LogP contribution in [0.1, 0.15) is 33.0 Å². The Bertz CT molecular complexity index is 1400. The van der Waals surface area contributed by atoms with Gasteiger partial charge in [0.1, 0.15) is 5.78 Å². The Kier molecular flexibility index (Phi) is 6.54. The van der Waals surface area contributed by atoms with E-state index in [2.05, 4.69) is 4.98 Å². The maximum atomic E-state index is 13.6. The zero-order valence-corrected chi connectivity index (χ0v) is 19.0. The fourth-order valence-corrected chi connectivity index (χ4v) is 6.55. The number of fused-ring (bicyclic) bond motifs is 3. The number of nitrogens with zero attached hydrogens (tertiary/aromatic N) is 1. The summed E-state index contributed by atoms with van der Waals surface area (Å²) in [7, 11) is -7.92. The molecule has 0 saturated heterocycles. The van der Waals surface area contributed by atoms with Crippen LogP contribution >= 0.6 is 7.60 Å². The zero-order valence-electron chi connectivity index (χ0n) is 17.3. The third kappa shape index (κ3) is 4.11. The molecule has 3 N–H and O–H groups in total. The number of nitrogens with one attached hydrogen (secondary N) is 1. The minimum atomic E-state index is -4.06. The lowest BCUT2D eigenvalue weighted by Crippen LogP contribution is -2.38. The molecule has 10 nitrogen and oxygen atoms in total. The SMILES string of the molecule is CCOP(=O)(OCC)C(CC)n1c(=O)c(=O)[nH]c2ccc3c(S(N)(=O)=O)cccc3c21. The van der Waals surface area contributed by atoms with E-state index in [0.29, 0.717) is 5.39 Å². The summed E-state index contributed by atoms with van der Waals surface area (Å²) in [6, 6.07) is 7.39. The van der Waals surface area contributed by atoms with E-state index >= 15 is 0 Å². The molecular weight excluding hydrogens is 445 g/mol. The van der Waals surface area contributed by atoms with Gasteiger partial charge in [0.05, 0.1) is 29.1 Å². The number of primary sulfonamides is 1. The molecule has 0 saturated carbocycles. The van der Waals surface area contributed by atoms with Crippen LogP contribution in [0.2, 0.25) is 0 Å². The Balaban J connectivity index is 2.54. The van der Waals surface area contributed by atoms with Crippen molar-refractivity contribution in [3.63, 3.8) is 0 Å². The second-order valence-corrected chi connectivity index (χ2v) is 10.5. The monoisotopic (exact) mass is 469 g/mol. The van der Waals surface area contributed by atoms with Crippen LogP contribution in [-0.2, 0) is 23.6 Å². The van der Waals surface area contributed by atoms with E-state index in [9.17, 15) is 22.6 Å². The molecule has 0 aliphatic rings. The summed E-state index contributed by atoms with van der Waals surface area (Å²) in [4.78, 5) is 27.8. The summed E-state index contributed by atoms with van der Waals surface area (Å²) in [5.41, 5.74) is -1.39. The van der Waals surface area contributed by atoms with Crippen molar-refractivity contribution in [2.24, 2.45) is 5.14 Å². The lowest BCUT2D eigenvalue weighted by Gasteiger charge is -2.28. The van der Waals surface area contributed by atoms with E-state index < -0.39 is 34.5 Å². The lowest BCUT2D eigenvalue weighted by atomic mass is 10.1. The summed E-state index contributed by atoms with van der Waals surface area (Å²) in [5.74, 6) is -1.10. The van der Waals surface area contributed by atoms with Crippen molar-refractivity contribution in [3.05, 3.63) is 51.0 Å². The summed E-state index contributed by atoms with van der Waals surface area (Å²) in [6.45, 7) is 5.12. The van der Waals surface area contributed by atoms with Gasteiger partial charge in [-0.15, -0.1) is 0 Å². The number of aromatic nitrogens is 2. The summed E-state index contributed by atoms with van der Waals surface area (Å²) in [6.07, 6.45) is 0.154. The molecule has 3 aromatic rings. The fourth-order valence-electron chi connectivity index (χ4n) is 3.71. The first-order valence-corrected chi connectivity index (χ1v) is 12.9. The van der Waals surface area contributed by atoms with E-state index in [1.165, 1.54) is 24.3 Å². The third-order valence-corrected chi connectivity index (χ3v) is 8.38. The molecule has 1 atom stereocenters. The highest BCUT2D eigenvalue weighted by atomic mass is 32.2. The van der Waals surface area contributed by atoms with Crippen LogP contribution < -0.4 is 16.3 Å². The fraction of sp³-hybridized carbons (Fsp3) is 0.368. The van der Waals surface area contributed by atoms with Gasteiger partial charge in [0, 0.05) is 10.8 Å². The molecule has 1 heterocycles. The van der Waals surface area contributed by atoms with Gasteiger partial charge in [-0.25, -0.2) is 13.6 Å². The highest BCUT2D eigenvalue weighted by Gasteiger charge is 2.38. The maximum Gasteiger partial charge on any atom is 0.353 e. The van der Waals surface area contributed by atoms with Crippen molar-refractivity contribution >= 4 is 39.4 Å². The molecular formula is C19H24N3O7PS. The largest absolute Gasteiger partial charge is 0.353 e. The number of hydrogen-bond acceptors (Lipinski definition) is 7. The predicted octanol–water partition coefficient (Wildman–Crippen LogP) is 2.67. The molecule has 3 rings (SSSR count). The second-order valence-electron chi connectivity index (χ2n) is 6.75. The van der Waals surface area contributed by atoms with Gasteiger partial charge in [-0.05, 0) is 32.4 Å². The maximum absolute atomic E-state index is 13.6. The molecule has 31 heavy (non-hydrogen) atoms. The number of nitrogens with two attached hydrogens (primary N) is 1. The quantitative estimate of drug-likeness (QED) is 0.292. The van der Waals surface area contributed by atoms with Gasteiger partial charge < -0.3 is 14.0 Å². The summed E-state index contributed by atoms with van der Waals surface area (Å²) < 4.78 is 49.7. The van der Waals surface area contributed by atoms with E-state index in [4.69, 9.17) is 14.2 Å². The third-order valence-electron chi connectivity index (χ3n) is 4.85. The first kappa shape index (κ1) is 23.4. The molecule has 1 unspecified atom stereocenters. The van der Waals surface area contributed by atoms with Crippen molar-refractivity contribution < 1.29 is 22.0 Å². The smallest absolute Gasteiger partial charge is 0.316 e. The molecule has 168 valence electrons. The summed E-state index contributed by atoms with van der Waals surface area (Å²) in [5, 5.41) is 5.96. The Morgan fingerprint density at radius 1 is 1.06 bits per heavy atom. The Hall–Kier alpha value is -2.30. The lowest BCUT2D eigenvalue weighted by molar-refractivity contribution is 0.202. The summed E-state index contributed by atoms with van der Waals surface area (Å²) >= 11 is 0. The van der Waals surface area contributed by atoms with Crippen LogP contribution in [0, 0.1) is 0 Å². The van der Waals surface area contributed by atoms with Crippen LogP contribution in [-0.4, -0.2) is 31.2 Å². The van der Waals surface area contributed by atoms with E-state index in [1.54, 1.807) is 26.8 Å². The van der Waals surface area contributed by atoms with Gasteiger partial charge in [0.25, 0.3) is 0 Å². The van der Waals surface area contributed by atoms with E-state index in [1.807, 2.05) is 0 Å². The van der Waals surface area contributed by atoms with Gasteiger partial charge in [0.15, 0.2) is 0 Å². The number of hydrogen-bond donors (Lipinski definition) is 2. The molecule has 0 fully saturated rings. The van der Waals surface area contributed by atoms with E-state index in [-0.39, 0.29) is 40.9 Å². The first-order valence-electron chi connectivity index (χ1n) is 9.70. The molecule has 0 spiro atoms. The van der Waals surface area contributed by atoms with Gasteiger partial charge in [-0.3, -0.25) is 18.7 Å². The number of sulfonamides is 1. The molecule has 0 radical (unpaired) electrons. The minimum absolute atomic E-state index is 0.0694. The molecule has 1 aromatic heterocycles. The molecule has 0 aliphatic heterocycles. The standard InChI is InChI=1S/C19H24N3O7PS/c1-4-16(30(25,28-5-2)29-6-3)22-17-13-8-7-9-15(31(20,26)27)12(13)10-11-14(17)21-18(23)19(22)24/h7-11,16H,4-6H2,1-3H3,(H,21,23)(H2,20,26,27). The van der Waals surface area contributed by atoms with Crippen LogP contribution in [0.3, 0.4) is 0 Å². The van der Waals surface area contributed by atoms with Crippen molar-refractivity contribution in [1.29, 1.82) is 0 Å². The van der Waals surface area contributed by atoms with Crippen molar-refractivity contribution in [3.8, 4) is 0 Å². The van der Waals surface area contributed by atoms with Crippen molar-refractivity contribution in [2.45, 2.75) is 37.9 Å². The first-order chi connectivity index (χ1) is 14.6. The number of aromatic amines is 1. The van der Waals surface area contributed by atoms with E-state index in [0.717, 1.165) is 4.57 Å². The highest BCUT2D eigenvalue weighted by Crippen LogP contribution is 2.60. The molecule has 0 bridgehead atoms. The average molecular weight is 469 g/mol. The Labute approximate surface area is 178 Å². The van der Waals surface area contributed by atoms with Crippen molar-refractivity contribution in [2.75, 3.05) is 13.2 Å². The van der Waals surface area contributed by atoms with Crippen molar-refractivity contribution in [1.82, 2.24) is 9.55 Å². The average Bonchev–Trinajstić information content (AvgIpc) is 2.70. The normalized spacial score (nSPS) is 13.7. The minimum Gasteiger partial charge on any atom is -0.316 e. The Morgan fingerprint density at radius 2 is 1.71 bits per heavy atom. The topological polar surface area (TPSA) is 151 Å². The van der Waals surface area contributed by atoms with Crippen LogP contribution in [0.25, 0.3) is 21.8 Å². The van der Waals surface area contributed by atoms with Gasteiger partial charge in [-0.1, -0.05) is 25.1 Å². The second kappa shape index (κ2) is 8.68. The Morgan fingerprint density at radius 3 is 2.26 bits per heavy atom. The molecule has 12 heteroatoms. The molecule has 2 aromatic carbocycles. The number of H-pyrrole nitrogens is 1. The molecule has 0 amide bonds. The number of rotatable bonds is 8. The predicted molar refractivity (Wildman–Crippen MR) is 118 cm³/mol. The van der Waals surface area contributed by atoms with Gasteiger partial charge in [-0.2, -0.15) is 0 Å². The molecule has 0 aliphatic carbocycles. The number of benzene rings is 2. The van der Waals surface area contributed by atoms with Gasteiger partial charge in [0.2, 0.25) is 10.0 Å². The highest BCUT2D eigenvalue weighted by molar-refractivity contribution is 7.89.